The Morgan fingerprint density at radius 1 is 1.56 bits per heavy atom. The molecule has 98 valence electrons. The zero-order chi connectivity index (χ0) is 13.1. The highest BCUT2D eigenvalue weighted by Gasteiger charge is 2.15. The summed E-state index contributed by atoms with van der Waals surface area (Å²) in [4.78, 5) is 15.0. The van der Waals surface area contributed by atoms with E-state index in [1.54, 1.807) is 4.90 Å². The summed E-state index contributed by atoms with van der Waals surface area (Å²) in [6.45, 7) is 1.86. The van der Waals surface area contributed by atoms with Crippen molar-refractivity contribution >= 4 is 23.4 Å². The molecule has 0 bridgehead atoms. The Balaban J connectivity index is 2.15. The molecule has 0 fully saturated rings. The normalized spacial score (nSPS) is 15.9. The summed E-state index contributed by atoms with van der Waals surface area (Å²) < 4.78 is 0. The van der Waals surface area contributed by atoms with Crippen LogP contribution in [0, 0.1) is 0 Å². The second kappa shape index (κ2) is 5.76. The van der Waals surface area contributed by atoms with Gasteiger partial charge in [0.1, 0.15) is 0 Å². The number of carbonyl (C=O) groups excluding carboxylic acids is 1. The van der Waals surface area contributed by atoms with Gasteiger partial charge in [-0.1, -0.05) is 0 Å². The molecule has 0 spiro atoms. The molecule has 18 heavy (non-hydrogen) atoms. The Morgan fingerprint density at radius 3 is 3.06 bits per heavy atom. The number of aryl methyl sites for hydroxylation is 1. The molecule has 1 aliphatic rings. The lowest BCUT2D eigenvalue weighted by Gasteiger charge is -2.22. The van der Waals surface area contributed by atoms with Crippen LogP contribution in [0.15, 0.2) is 23.1 Å². The lowest BCUT2D eigenvalue weighted by molar-refractivity contribution is -0.118. The van der Waals surface area contributed by atoms with Crippen molar-refractivity contribution in [3.63, 3.8) is 0 Å². The number of nitrogens with zero attached hydrogens (tertiary/aromatic N) is 1. The van der Waals surface area contributed by atoms with Gasteiger partial charge in [0, 0.05) is 30.1 Å². The van der Waals surface area contributed by atoms with Gasteiger partial charge in [-0.15, -0.1) is 11.8 Å². The molecule has 2 rings (SSSR count). The first kappa shape index (κ1) is 13.4. The molecule has 0 aliphatic carbocycles. The van der Waals surface area contributed by atoms with Crippen LogP contribution in [0.25, 0.3) is 0 Å². The Bertz CT molecular complexity index is 445. The Kier molecular flexibility index (Phi) is 4.30. The molecule has 1 aromatic carbocycles. The van der Waals surface area contributed by atoms with E-state index in [-0.39, 0.29) is 11.9 Å². The maximum Gasteiger partial charge on any atom is 0.228 e. The van der Waals surface area contributed by atoms with E-state index in [0.717, 1.165) is 12.1 Å². The van der Waals surface area contributed by atoms with Crippen molar-refractivity contribution in [2.75, 3.05) is 17.7 Å². The topological polar surface area (TPSA) is 46.3 Å². The molecule has 1 aliphatic heterocycles. The summed E-state index contributed by atoms with van der Waals surface area (Å²) in [5.41, 5.74) is 8.01. The quantitative estimate of drug-likeness (QED) is 0.912. The van der Waals surface area contributed by atoms with E-state index in [4.69, 9.17) is 5.73 Å². The van der Waals surface area contributed by atoms with Crippen molar-refractivity contribution < 1.29 is 4.79 Å². The van der Waals surface area contributed by atoms with Crippen molar-refractivity contribution in [2.45, 2.75) is 37.1 Å². The summed E-state index contributed by atoms with van der Waals surface area (Å²) in [6.07, 6.45) is 2.73. The van der Waals surface area contributed by atoms with Crippen LogP contribution in [0.5, 0.6) is 0 Å². The molecule has 1 unspecified atom stereocenters. The fourth-order valence-corrected chi connectivity index (χ4v) is 3.13. The summed E-state index contributed by atoms with van der Waals surface area (Å²) in [5, 5.41) is 0. The predicted octanol–water partition coefficient (Wildman–Crippen LogP) is 2.43. The van der Waals surface area contributed by atoms with E-state index < -0.39 is 0 Å². The van der Waals surface area contributed by atoms with E-state index in [1.807, 2.05) is 31.8 Å². The average Bonchev–Trinajstić information content (AvgIpc) is 2.36. The molecule has 2 N–H and O–H groups in total. The fourth-order valence-electron chi connectivity index (χ4n) is 2.11. The molecule has 0 saturated carbocycles. The van der Waals surface area contributed by atoms with Gasteiger partial charge in [-0.2, -0.15) is 0 Å². The van der Waals surface area contributed by atoms with Crippen molar-refractivity contribution in [1.29, 1.82) is 0 Å². The number of rotatable bonds is 3. The molecule has 1 heterocycles. The van der Waals surface area contributed by atoms with Gasteiger partial charge in [0.25, 0.3) is 0 Å². The van der Waals surface area contributed by atoms with E-state index in [9.17, 15) is 4.79 Å². The van der Waals surface area contributed by atoms with E-state index >= 15 is 0 Å². The molecule has 0 radical (unpaired) electrons. The highest BCUT2D eigenvalue weighted by atomic mass is 32.2. The maximum absolute atomic E-state index is 12.0. The number of amides is 1. The lowest BCUT2D eigenvalue weighted by Crippen LogP contribution is -2.31. The first-order chi connectivity index (χ1) is 8.58. The van der Waals surface area contributed by atoms with Gasteiger partial charge in [-0.05, 0) is 49.3 Å². The van der Waals surface area contributed by atoms with Crippen LogP contribution in [-0.2, 0) is 11.2 Å². The molecule has 3 nitrogen and oxygen atoms in total. The third-order valence-corrected chi connectivity index (χ3v) is 4.35. The third kappa shape index (κ3) is 3.06. The molecule has 1 atom stereocenters. The number of benzene rings is 1. The number of carbonyl (C=O) groups is 1. The third-order valence-electron chi connectivity index (χ3n) is 3.15. The number of anilines is 1. The Labute approximate surface area is 113 Å². The summed E-state index contributed by atoms with van der Waals surface area (Å²) in [7, 11) is 1.82. The number of hydrogen-bond donors (Lipinski definition) is 1. The van der Waals surface area contributed by atoms with Crippen molar-refractivity contribution in [3.05, 3.63) is 23.8 Å². The van der Waals surface area contributed by atoms with Crippen molar-refractivity contribution in [3.8, 4) is 0 Å². The van der Waals surface area contributed by atoms with Gasteiger partial charge in [-0.3, -0.25) is 4.79 Å². The molecular formula is C14H20N2OS. The molecule has 0 saturated heterocycles. The van der Waals surface area contributed by atoms with E-state index in [0.29, 0.717) is 6.42 Å². The van der Waals surface area contributed by atoms with Gasteiger partial charge in [0.2, 0.25) is 5.91 Å². The van der Waals surface area contributed by atoms with Crippen LogP contribution in [-0.4, -0.2) is 24.7 Å². The van der Waals surface area contributed by atoms with Crippen LogP contribution in [0.4, 0.5) is 5.69 Å². The molecule has 1 amide bonds. The summed E-state index contributed by atoms with van der Waals surface area (Å²) >= 11 is 1.90. The van der Waals surface area contributed by atoms with E-state index in [1.165, 1.54) is 22.6 Å². The van der Waals surface area contributed by atoms with Gasteiger partial charge in [0.05, 0.1) is 0 Å². The minimum Gasteiger partial charge on any atom is -0.327 e. The van der Waals surface area contributed by atoms with Gasteiger partial charge < -0.3 is 10.6 Å². The first-order valence-electron chi connectivity index (χ1n) is 6.36. The zero-order valence-electron chi connectivity index (χ0n) is 11.0. The molecule has 1 aromatic rings. The van der Waals surface area contributed by atoms with Gasteiger partial charge in [0.15, 0.2) is 0 Å². The molecule has 0 aromatic heterocycles. The summed E-state index contributed by atoms with van der Waals surface area (Å²) in [5.74, 6) is 1.28. The van der Waals surface area contributed by atoms with Crippen LogP contribution in [0.1, 0.15) is 25.3 Å². The number of thioether (sulfide) groups is 1. The van der Waals surface area contributed by atoms with Crippen LogP contribution in [0.3, 0.4) is 0 Å². The Hall–Kier alpha value is -1.00. The first-order valence-corrected chi connectivity index (χ1v) is 7.34. The lowest BCUT2D eigenvalue weighted by atomic mass is 10.1. The average molecular weight is 264 g/mol. The minimum absolute atomic E-state index is 0.0772. The highest BCUT2D eigenvalue weighted by molar-refractivity contribution is 7.99. The standard InChI is InChI=1S/C14H20N2OS/c1-10(15)8-14(17)16(2)12-5-6-13-11(9-12)4-3-7-18-13/h5-6,9-10H,3-4,7-8,15H2,1-2H3. The van der Waals surface area contributed by atoms with Gasteiger partial charge in [-0.25, -0.2) is 0 Å². The maximum atomic E-state index is 12.0. The van der Waals surface area contributed by atoms with E-state index in [2.05, 4.69) is 12.1 Å². The van der Waals surface area contributed by atoms with Crippen molar-refractivity contribution in [2.24, 2.45) is 5.73 Å². The highest BCUT2D eigenvalue weighted by Crippen LogP contribution is 2.32. The molecule has 4 heteroatoms. The molecular weight excluding hydrogens is 244 g/mol. The SMILES string of the molecule is CC(N)CC(=O)N(C)c1ccc2c(c1)CCCS2. The smallest absolute Gasteiger partial charge is 0.228 e. The number of fused-ring (bicyclic) bond motifs is 1. The van der Waals surface area contributed by atoms with Crippen molar-refractivity contribution in [1.82, 2.24) is 0 Å². The number of nitrogens with two attached hydrogens (primary N) is 1. The van der Waals surface area contributed by atoms with Crippen LogP contribution in [0.2, 0.25) is 0 Å². The summed E-state index contributed by atoms with van der Waals surface area (Å²) in [6, 6.07) is 6.20. The van der Waals surface area contributed by atoms with Crippen LogP contribution < -0.4 is 10.6 Å². The second-order valence-electron chi connectivity index (χ2n) is 4.88. The Morgan fingerprint density at radius 2 is 2.33 bits per heavy atom. The second-order valence-corrected chi connectivity index (χ2v) is 6.01. The fraction of sp³-hybridized carbons (Fsp3) is 0.500. The zero-order valence-corrected chi connectivity index (χ0v) is 11.8. The largest absolute Gasteiger partial charge is 0.327 e. The minimum atomic E-state index is -0.0897. The predicted molar refractivity (Wildman–Crippen MR) is 77.2 cm³/mol. The van der Waals surface area contributed by atoms with Gasteiger partial charge >= 0.3 is 0 Å². The van der Waals surface area contributed by atoms with Crippen LogP contribution >= 0.6 is 11.8 Å². The number of hydrogen-bond acceptors (Lipinski definition) is 3. The monoisotopic (exact) mass is 264 g/mol.